The van der Waals surface area contributed by atoms with Gasteiger partial charge in [0.2, 0.25) is 0 Å². The monoisotopic (exact) mass is 810 g/mol. The maximum atomic E-state index is 6.47. The summed E-state index contributed by atoms with van der Waals surface area (Å²) in [6.07, 6.45) is 8.19. The van der Waals surface area contributed by atoms with E-state index in [9.17, 15) is 0 Å². The molecule has 0 radical (unpaired) electrons. The van der Waals surface area contributed by atoms with Crippen molar-refractivity contribution in [3.8, 4) is 17.1 Å². The smallest absolute Gasteiger partial charge is 0.164 e. The highest BCUT2D eigenvalue weighted by atomic mass is 16.5. The normalized spacial score (nSPS) is 17.1. The maximum Gasteiger partial charge on any atom is 0.164 e. The van der Waals surface area contributed by atoms with E-state index < -0.39 is 0 Å². The van der Waals surface area contributed by atoms with Crippen LogP contribution in [0, 0.1) is 0 Å². The summed E-state index contributed by atoms with van der Waals surface area (Å²) in [5.41, 5.74) is 12.9. The number of nitrogens with zero attached hydrogens (tertiary/aromatic N) is 4. The highest BCUT2D eigenvalue weighted by Crippen LogP contribution is 2.50. The van der Waals surface area contributed by atoms with Gasteiger partial charge >= 0.3 is 0 Å². The second-order valence-corrected chi connectivity index (χ2v) is 16.6. The fourth-order valence-corrected chi connectivity index (χ4v) is 10.1. The number of para-hydroxylation sites is 3. The van der Waals surface area contributed by atoms with Gasteiger partial charge < -0.3 is 13.7 Å². The predicted octanol–water partition coefficient (Wildman–Crippen LogP) is 14.0. The third-order valence-electron chi connectivity index (χ3n) is 13.0. The van der Waals surface area contributed by atoms with Crippen LogP contribution in [0.1, 0.15) is 53.0 Å². The fraction of sp³-hybridized carbons (Fsp3) is 0.0702. The number of benzene rings is 7. The number of hydrogen-bond acceptors (Lipinski definition) is 5. The Labute approximate surface area is 363 Å². The Kier molecular flexibility index (Phi) is 8.06. The van der Waals surface area contributed by atoms with E-state index in [0.29, 0.717) is 23.9 Å². The van der Waals surface area contributed by atoms with Crippen molar-refractivity contribution in [1.29, 1.82) is 0 Å². The van der Waals surface area contributed by atoms with Crippen molar-refractivity contribution in [2.24, 2.45) is 0 Å². The van der Waals surface area contributed by atoms with Gasteiger partial charge in [-0.2, -0.15) is 0 Å². The summed E-state index contributed by atoms with van der Waals surface area (Å²) in [7, 11) is 0. The lowest BCUT2D eigenvalue weighted by molar-refractivity contribution is 0.426. The molecule has 0 spiro atoms. The molecule has 7 aromatic carbocycles. The van der Waals surface area contributed by atoms with Gasteiger partial charge in [-0.1, -0.05) is 152 Å². The summed E-state index contributed by atoms with van der Waals surface area (Å²) in [6, 6.07) is 61.9. The first kappa shape index (κ1) is 35.6. The minimum atomic E-state index is -0.0697. The average molecular weight is 811 g/mol. The van der Waals surface area contributed by atoms with E-state index >= 15 is 0 Å². The van der Waals surface area contributed by atoms with Crippen molar-refractivity contribution in [2.45, 2.75) is 24.7 Å². The molecular weight excluding hydrogens is 773 g/mol. The van der Waals surface area contributed by atoms with Crippen molar-refractivity contribution in [1.82, 2.24) is 19.5 Å². The molecule has 0 amide bonds. The van der Waals surface area contributed by atoms with Crippen LogP contribution in [0.15, 0.2) is 204 Å². The fourth-order valence-electron chi connectivity index (χ4n) is 10.1. The molecule has 0 bridgehead atoms. The number of furan rings is 1. The third kappa shape index (κ3) is 5.83. The van der Waals surface area contributed by atoms with Gasteiger partial charge in [-0.05, 0) is 72.0 Å². The van der Waals surface area contributed by atoms with Crippen LogP contribution in [0.4, 0.5) is 0 Å². The van der Waals surface area contributed by atoms with Crippen LogP contribution in [-0.2, 0) is 0 Å². The molecular formula is C57H38N4O2. The minimum absolute atomic E-state index is 0.0697. The van der Waals surface area contributed by atoms with Crippen molar-refractivity contribution in [2.75, 3.05) is 0 Å². The zero-order valence-corrected chi connectivity index (χ0v) is 34.1. The average Bonchev–Trinajstić information content (AvgIpc) is 4.02. The van der Waals surface area contributed by atoms with Gasteiger partial charge in [0, 0.05) is 61.4 Å². The Morgan fingerprint density at radius 2 is 1.19 bits per heavy atom. The number of allylic oxidation sites excluding steroid dienone is 8. The molecule has 2 aliphatic carbocycles. The SMILES string of the molecule is C1=C(c2nc(C3=CC(c4ccccc4)=C(n4c5ccccc5c5cc6oc7ccccc7c6cc54)C(c4ccccc4)C3)nc(-c3ccccc3)n2)C=C2Oc3ccccc3C2C1. The molecule has 4 heterocycles. The van der Waals surface area contributed by atoms with E-state index in [1.165, 1.54) is 22.2 Å². The number of rotatable bonds is 6. The molecule has 2 unspecified atom stereocenters. The summed E-state index contributed by atoms with van der Waals surface area (Å²) in [4.78, 5) is 15.8. The first-order valence-electron chi connectivity index (χ1n) is 21.6. The maximum absolute atomic E-state index is 6.47. The molecule has 0 N–H and O–H groups in total. The molecule has 298 valence electrons. The van der Waals surface area contributed by atoms with E-state index in [0.717, 1.165) is 84.1 Å². The summed E-state index contributed by atoms with van der Waals surface area (Å²) >= 11 is 0. The van der Waals surface area contributed by atoms with Crippen LogP contribution in [0.25, 0.3) is 77.5 Å². The highest BCUT2D eigenvalue weighted by molar-refractivity contribution is 6.19. The van der Waals surface area contributed by atoms with E-state index in [1.807, 2.05) is 36.4 Å². The second kappa shape index (κ2) is 14.3. The molecule has 2 atom stereocenters. The van der Waals surface area contributed by atoms with Crippen LogP contribution in [0.2, 0.25) is 0 Å². The van der Waals surface area contributed by atoms with Crippen molar-refractivity contribution < 1.29 is 9.15 Å². The molecule has 0 saturated carbocycles. The largest absolute Gasteiger partial charge is 0.461 e. The van der Waals surface area contributed by atoms with Crippen LogP contribution in [-0.4, -0.2) is 19.5 Å². The first-order valence-corrected chi connectivity index (χ1v) is 21.6. The topological polar surface area (TPSA) is 66.0 Å². The minimum Gasteiger partial charge on any atom is -0.461 e. The van der Waals surface area contributed by atoms with Gasteiger partial charge in [0.05, 0.1) is 11.0 Å². The Balaban J connectivity index is 1.07. The standard InChI is InChI=1S/C57H38N4O2/c1-4-16-35(17-5-1)44-30-39(57-59-55(37-20-8-3-9-21-37)58-56(60-57)38-28-29-43-41-23-11-14-26-50(41)62-52(43)32-38)31-45(36-18-6-2-7-19-36)54(44)61-48-25-13-10-22-40(48)46-34-53-47(33-49(46)61)42-24-12-15-27-51(42)63-53/h1-28,30,32-34,43,45H,29,31H2. The summed E-state index contributed by atoms with van der Waals surface area (Å²) < 4.78 is 15.4. The number of aromatic nitrogens is 4. The van der Waals surface area contributed by atoms with E-state index in [2.05, 4.69) is 162 Å². The van der Waals surface area contributed by atoms with Gasteiger partial charge in [-0.3, -0.25) is 0 Å². The molecule has 6 heteroatoms. The Bertz CT molecular complexity index is 3600. The molecule has 6 nitrogen and oxygen atoms in total. The lowest BCUT2D eigenvalue weighted by atomic mass is 9.80. The van der Waals surface area contributed by atoms with Gasteiger partial charge in [0.15, 0.2) is 17.5 Å². The van der Waals surface area contributed by atoms with Crippen LogP contribution in [0.5, 0.6) is 5.75 Å². The molecule has 13 rings (SSSR count). The predicted molar refractivity (Wildman–Crippen MR) is 254 cm³/mol. The molecule has 0 fully saturated rings. The quantitative estimate of drug-likeness (QED) is 0.167. The summed E-state index contributed by atoms with van der Waals surface area (Å²) in [5.74, 6) is 3.91. The Morgan fingerprint density at radius 1 is 0.508 bits per heavy atom. The van der Waals surface area contributed by atoms with Crippen LogP contribution in [0.3, 0.4) is 0 Å². The summed E-state index contributed by atoms with van der Waals surface area (Å²) in [6.45, 7) is 0. The summed E-state index contributed by atoms with van der Waals surface area (Å²) in [5, 5.41) is 4.54. The molecule has 63 heavy (non-hydrogen) atoms. The Hall–Kier alpha value is -8.09. The molecule has 3 aliphatic rings. The zero-order chi connectivity index (χ0) is 41.4. The number of ether oxygens (including phenoxy) is 1. The first-order chi connectivity index (χ1) is 31.2. The second-order valence-electron chi connectivity index (χ2n) is 16.6. The zero-order valence-electron chi connectivity index (χ0n) is 34.1. The van der Waals surface area contributed by atoms with E-state index in [4.69, 9.17) is 24.1 Å². The highest BCUT2D eigenvalue weighted by Gasteiger charge is 2.34. The number of fused-ring (bicyclic) bond motifs is 9. The Morgan fingerprint density at radius 3 is 2.03 bits per heavy atom. The van der Waals surface area contributed by atoms with Crippen molar-refractivity contribution in [3.63, 3.8) is 0 Å². The molecule has 0 saturated heterocycles. The molecule has 3 aromatic heterocycles. The van der Waals surface area contributed by atoms with Crippen LogP contribution >= 0.6 is 0 Å². The van der Waals surface area contributed by atoms with E-state index in [-0.39, 0.29) is 11.8 Å². The van der Waals surface area contributed by atoms with Gasteiger partial charge in [-0.15, -0.1) is 0 Å². The lowest BCUT2D eigenvalue weighted by Crippen LogP contribution is -2.16. The molecule has 1 aliphatic heterocycles. The van der Waals surface area contributed by atoms with E-state index in [1.54, 1.807) is 0 Å². The van der Waals surface area contributed by atoms with Crippen molar-refractivity contribution >= 4 is 66.2 Å². The third-order valence-corrected chi connectivity index (χ3v) is 13.0. The lowest BCUT2D eigenvalue weighted by Gasteiger charge is -2.31. The molecule has 10 aromatic rings. The number of hydrogen-bond donors (Lipinski definition) is 0. The van der Waals surface area contributed by atoms with Crippen LogP contribution < -0.4 is 4.74 Å². The van der Waals surface area contributed by atoms with Gasteiger partial charge in [0.25, 0.3) is 0 Å². The van der Waals surface area contributed by atoms with Gasteiger partial charge in [0.1, 0.15) is 22.7 Å². The van der Waals surface area contributed by atoms with Crippen molar-refractivity contribution in [3.05, 3.63) is 228 Å². The van der Waals surface area contributed by atoms with Gasteiger partial charge in [-0.25, -0.2) is 15.0 Å².